The van der Waals surface area contributed by atoms with Crippen molar-refractivity contribution < 1.29 is 4.68 Å². The second-order valence-corrected chi connectivity index (χ2v) is 19.2. The summed E-state index contributed by atoms with van der Waals surface area (Å²) in [5.41, 5.74) is 8.73. The molecule has 494 valence electrons. The van der Waals surface area contributed by atoms with Gasteiger partial charge in [-0.2, -0.15) is 55.6 Å². The molecule has 0 atom stereocenters. The van der Waals surface area contributed by atoms with Crippen molar-refractivity contribution in [1.29, 1.82) is 0 Å². The molecule has 0 spiro atoms. The summed E-state index contributed by atoms with van der Waals surface area (Å²) in [6, 6.07) is 0. The molecule has 0 radical (unpaired) electrons. The summed E-state index contributed by atoms with van der Waals surface area (Å²) >= 11 is 2.85. The van der Waals surface area contributed by atoms with Gasteiger partial charge < -0.3 is 4.57 Å². The second kappa shape index (κ2) is 56.1. The number of nitrogens with zero attached hydrogens (tertiary/aromatic N) is 35. The lowest BCUT2D eigenvalue weighted by atomic mass is 10.2. The monoisotopic (exact) mass is 1290 g/mol. The van der Waals surface area contributed by atoms with Gasteiger partial charge >= 0.3 is 0 Å². The average Bonchev–Trinajstić information content (AvgIpc) is 4.46. The van der Waals surface area contributed by atoms with Crippen LogP contribution >= 0.6 is 23.1 Å². The predicted molar refractivity (Wildman–Crippen MR) is 358 cm³/mol. The first-order valence-electron chi connectivity index (χ1n) is 28.3. The summed E-state index contributed by atoms with van der Waals surface area (Å²) in [5, 5.41) is 84.8. The minimum atomic E-state index is 0.645. The van der Waals surface area contributed by atoms with Crippen LogP contribution < -0.4 is 4.68 Å². The van der Waals surface area contributed by atoms with Crippen LogP contribution in [0.3, 0.4) is 0 Å². The first kappa shape index (κ1) is 84.8. The highest BCUT2D eigenvalue weighted by Crippen LogP contribution is 2.04. The van der Waals surface area contributed by atoms with E-state index in [1.807, 2.05) is 152 Å². The zero-order valence-corrected chi connectivity index (χ0v) is 59.0. The quantitative estimate of drug-likeness (QED) is 0.128. The van der Waals surface area contributed by atoms with Crippen LogP contribution in [-0.4, -0.2) is 178 Å². The van der Waals surface area contributed by atoms with E-state index in [0.29, 0.717) is 19.0 Å². The van der Waals surface area contributed by atoms with Gasteiger partial charge in [-0.3, -0.25) is 19.7 Å². The largest absolute Gasteiger partial charge is 0.323 e. The maximum Gasteiger partial charge on any atom is 0.221 e. The Bertz CT molecular complexity index is 2920. The van der Waals surface area contributed by atoms with Crippen molar-refractivity contribution in [3.05, 3.63) is 88.2 Å². The smallest absolute Gasteiger partial charge is 0.221 e. The highest BCUT2D eigenvalue weighted by atomic mass is 32.1. The van der Waals surface area contributed by atoms with Crippen LogP contribution in [0.25, 0.3) is 0 Å². The fraction of sp³-hybridized carbons (Fsp3) is 0.585. The van der Waals surface area contributed by atoms with Crippen molar-refractivity contribution in [1.82, 2.24) is 104 Å². The number of rotatable bonds is 0. The molecule has 7 aromatic heterocycles. The molecule has 0 aliphatic carbocycles. The van der Waals surface area contributed by atoms with Crippen molar-refractivity contribution in [3.8, 4) is 0 Å². The van der Waals surface area contributed by atoms with E-state index in [-0.39, 0.29) is 0 Å². The first-order valence-corrected chi connectivity index (χ1v) is 29.9. The molecule has 7 aromatic rings. The molecule has 0 N–H and O–H groups in total. The van der Waals surface area contributed by atoms with Crippen molar-refractivity contribution in [2.75, 3.05) is 32.8 Å². The summed E-state index contributed by atoms with van der Waals surface area (Å²) in [6.45, 7) is 41.0. The summed E-state index contributed by atoms with van der Waals surface area (Å²) in [7, 11) is 10.9. The van der Waals surface area contributed by atoms with E-state index >= 15 is 0 Å². The van der Waals surface area contributed by atoms with E-state index < -0.39 is 0 Å². The van der Waals surface area contributed by atoms with Crippen molar-refractivity contribution in [2.45, 2.75) is 138 Å². The first-order chi connectivity index (χ1) is 43.0. The summed E-state index contributed by atoms with van der Waals surface area (Å²) in [6.07, 6.45) is 16.5. The minimum Gasteiger partial charge on any atom is -0.323 e. The number of aryl methyl sites for hydroxylation is 11. The number of tetrazole rings is 2. The van der Waals surface area contributed by atoms with E-state index in [4.69, 9.17) is 0 Å². The summed E-state index contributed by atoms with van der Waals surface area (Å²) in [4.78, 5) is 20.0. The minimum absolute atomic E-state index is 0.645. The van der Waals surface area contributed by atoms with Gasteiger partial charge in [0.05, 0.1) is 68.1 Å². The molecule has 0 aromatic carbocycles. The molecular weight excluding hydrogens is 1190 g/mol. The number of allylic oxidation sites excluding steroid dienone is 1. The Morgan fingerprint density at radius 2 is 1.26 bits per heavy atom. The third-order valence-corrected chi connectivity index (χ3v) is 10.6. The van der Waals surface area contributed by atoms with Crippen LogP contribution in [0.15, 0.2) is 127 Å². The normalized spacial score (nSPS) is 12.8. The molecule has 0 bridgehead atoms. The van der Waals surface area contributed by atoms with Gasteiger partial charge in [0.25, 0.3) is 0 Å². The average molecular weight is 1290 g/mol. The SMILES string of the molecule is CC.CC.CC.CC1=CCN=N1.CC1=CN=NC1.CC1=NC(C)=NC1.CC1=NCN=C1.CC1=NN=C(C)C1.CC1=NN=NC1.Cc1nnn(C)n1.Cc1nnnn1C.Cc1nnsc1C.Cc1snn[n+]1C.Cn1ccnn1.Cn1cnnc1.Cn1nccn1. The molecule has 13 heterocycles. The lowest BCUT2D eigenvalue weighted by Crippen LogP contribution is -2.32. The Morgan fingerprint density at radius 1 is 0.600 bits per heavy atom. The highest BCUT2D eigenvalue weighted by molar-refractivity contribution is 7.05. The molecule has 0 amide bonds. The standard InChI is InChI=1S/2C5H8N2.C4H6N2S.3C4H6N2.2C3H6N4.C3H6N3S.4C3H5N3.3C2H6/c1-4-3-6-5(2)7-4;1-4-3-5(2)7-6-4;1-3-4(2)7-6-5-3;1-4-2-5-3-6-4;1-4-2-5-6-3-4;1-4-2-3-5-6-4;1-3-4-5-6-7(3)2;1-3-4-6-7(2)5-3;1-3-6(2)4-5-7-3;1-6-2-4-5-3-6;1-6-3-2-4-5-6;1-6-4-2-3-5-6;1-3-2-4-6-5-3;3*1-2/h2*3H2,1-2H3;1-2H3;3*2H,3H2,1H3;3*1-2H3;3*2-3H,1H3;2H2,1H3;3*1-2H3/q;;;;;;;;+1;;;;;;;. The van der Waals surface area contributed by atoms with Gasteiger partial charge in [0.1, 0.15) is 49.1 Å². The number of aromatic nitrogens is 22. The van der Waals surface area contributed by atoms with Gasteiger partial charge in [-0.25, -0.2) is 9.67 Å². The molecule has 6 aliphatic rings. The maximum atomic E-state index is 4.06. The van der Waals surface area contributed by atoms with Gasteiger partial charge in [0.15, 0.2) is 22.6 Å². The van der Waals surface area contributed by atoms with Crippen LogP contribution in [0, 0.1) is 34.6 Å². The predicted octanol–water partition coefficient (Wildman–Crippen LogP) is 8.52. The van der Waals surface area contributed by atoms with Gasteiger partial charge in [-0.05, 0) is 127 Å². The number of hydrogen-bond acceptors (Lipinski definition) is 31. The molecular formula is C53H96N35S2+. The molecule has 35 nitrogen and oxygen atoms in total. The van der Waals surface area contributed by atoms with Gasteiger partial charge in [-0.1, -0.05) is 51.2 Å². The Labute approximate surface area is 537 Å². The van der Waals surface area contributed by atoms with Gasteiger partial charge in [0, 0.05) is 82.2 Å². The van der Waals surface area contributed by atoms with Crippen LogP contribution in [0.2, 0.25) is 0 Å². The summed E-state index contributed by atoms with van der Waals surface area (Å²) in [5.74, 6) is 2.46. The van der Waals surface area contributed by atoms with Crippen LogP contribution in [0.4, 0.5) is 0 Å². The van der Waals surface area contributed by atoms with Crippen molar-refractivity contribution in [2.24, 2.45) is 108 Å². The van der Waals surface area contributed by atoms with Crippen LogP contribution in [0.5, 0.6) is 0 Å². The van der Waals surface area contributed by atoms with Crippen LogP contribution in [0.1, 0.15) is 131 Å². The van der Waals surface area contributed by atoms with E-state index in [0.717, 1.165) is 82.7 Å². The molecule has 0 saturated carbocycles. The maximum absolute atomic E-state index is 4.06. The number of amidine groups is 1. The Morgan fingerprint density at radius 3 is 1.40 bits per heavy atom. The van der Waals surface area contributed by atoms with Gasteiger partial charge in [-0.15, -0.1) is 45.5 Å². The van der Waals surface area contributed by atoms with Crippen molar-refractivity contribution in [3.63, 3.8) is 0 Å². The molecule has 90 heavy (non-hydrogen) atoms. The second-order valence-electron chi connectivity index (χ2n) is 17.3. The van der Waals surface area contributed by atoms with Crippen molar-refractivity contribution >= 4 is 63.7 Å². The fourth-order valence-corrected chi connectivity index (χ4v) is 5.39. The lowest BCUT2D eigenvalue weighted by Gasteiger charge is -1.81. The lowest BCUT2D eigenvalue weighted by molar-refractivity contribution is -0.734. The van der Waals surface area contributed by atoms with E-state index in [1.165, 1.54) is 43.1 Å². The molecule has 37 heteroatoms. The Balaban J connectivity index is -0.000000905. The van der Waals surface area contributed by atoms with Crippen LogP contribution in [-0.2, 0) is 42.3 Å². The Kier molecular flexibility index (Phi) is 52.9. The molecule has 0 saturated heterocycles. The van der Waals surface area contributed by atoms with E-state index in [1.54, 1.807) is 96.5 Å². The highest BCUT2D eigenvalue weighted by Gasteiger charge is 2.02. The molecule has 0 fully saturated rings. The summed E-state index contributed by atoms with van der Waals surface area (Å²) < 4.78 is 14.2. The van der Waals surface area contributed by atoms with E-state index in [9.17, 15) is 0 Å². The molecule has 0 unspecified atom stereocenters. The molecule has 13 rings (SSSR count). The zero-order chi connectivity index (χ0) is 68.5. The third-order valence-electron chi connectivity index (χ3n) is 9.16. The number of hydrogen-bond donors (Lipinski definition) is 0. The number of aliphatic imine (C=N–C) groups is 4. The Hall–Kier alpha value is -9.42. The topological polar surface area (TPSA) is 395 Å². The number of azo groups is 2. The zero-order valence-electron chi connectivity index (χ0n) is 57.4. The third kappa shape index (κ3) is 50.7. The van der Waals surface area contributed by atoms with Gasteiger partial charge in [0.2, 0.25) is 5.01 Å². The fourth-order valence-electron chi connectivity index (χ4n) is 4.51. The van der Waals surface area contributed by atoms with E-state index in [2.05, 4.69) is 147 Å². The molecule has 6 aliphatic heterocycles.